The van der Waals surface area contributed by atoms with Gasteiger partial charge in [-0.25, -0.2) is 0 Å². The molecule has 0 aliphatic carbocycles. The Balaban J connectivity index is 2.18. The Labute approximate surface area is 169 Å². The smallest absolute Gasteiger partial charge is 0.305 e. The second-order valence-electron chi connectivity index (χ2n) is 6.24. The van der Waals surface area contributed by atoms with E-state index in [1.165, 1.54) is 4.90 Å². The molecule has 2 aromatic rings. The van der Waals surface area contributed by atoms with Crippen LogP contribution in [-0.4, -0.2) is 40.9 Å². The summed E-state index contributed by atoms with van der Waals surface area (Å²) in [4.78, 5) is 37.7. The fourth-order valence-electron chi connectivity index (χ4n) is 2.81. The lowest BCUT2D eigenvalue weighted by Crippen LogP contribution is -2.37. The van der Waals surface area contributed by atoms with Crippen molar-refractivity contribution in [2.24, 2.45) is 0 Å². The molecule has 2 rings (SSSR count). The Morgan fingerprint density at radius 3 is 2.32 bits per heavy atom. The Bertz CT molecular complexity index is 826. The summed E-state index contributed by atoms with van der Waals surface area (Å²) in [6.45, 7) is 2.32. The van der Waals surface area contributed by atoms with Crippen LogP contribution in [-0.2, 0) is 9.59 Å². The van der Waals surface area contributed by atoms with Crippen LogP contribution in [0.2, 0.25) is 5.02 Å². The normalized spacial score (nSPS) is 11.5. The number of nitrogens with zero attached hydrogens (tertiary/aromatic N) is 1. The molecule has 0 radical (unpaired) electrons. The number of benzene rings is 2. The molecule has 2 N–H and O–H groups in total. The molecule has 0 fully saturated rings. The first-order valence-corrected chi connectivity index (χ1v) is 9.40. The van der Waals surface area contributed by atoms with E-state index in [4.69, 9.17) is 16.7 Å². The highest BCUT2D eigenvalue weighted by Gasteiger charge is 2.23. The number of amides is 2. The Kier molecular flexibility index (Phi) is 8.02. The van der Waals surface area contributed by atoms with Gasteiger partial charge in [0.25, 0.3) is 5.91 Å². The summed E-state index contributed by atoms with van der Waals surface area (Å²) in [7, 11) is 0. The van der Waals surface area contributed by atoms with E-state index in [1.54, 1.807) is 31.2 Å². The zero-order valence-electron chi connectivity index (χ0n) is 15.6. The number of nitrogens with one attached hydrogen (secondary N) is 1. The molecule has 148 valence electrons. The van der Waals surface area contributed by atoms with Crippen LogP contribution in [0.4, 0.5) is 0 Å². The number of carbonyl (C=O) groups is 3. The van der Waals surface area contributed by atoms with Crippen molar-refractivity contribution in [1.29, 1.82) is 0 Å². The summed E-state index contributed by atoms with van der Waals surface area (Å²) in [5.74, 6) is -1.56. The van der Waals surface area contributed by atoms with Crippen LogP contribution in [0.1, 0.15) is 41.7 Å². The van der Waals surface area contributed by atoms with Gasteiger partial charge in [0.1, 0.15) is 0 Å². The maximum absolute atomic E-state index is 12.7. The zero-order chi connectivity index (χ0) is 20.5. The fourth-order valence-corrected chi connectivity index (χ4v) is 3.03. The van der Waals surface area contributed by atoms with Gasteiger partial charge in [-0.05, 0) is 24.6 Å². The highest BCUT2D eigenvalue weighted by Crippen LogP contribution is 2.21. The lowest BCUT2D eigenvalue weighted by atomic mass is 10.0. The van der Waals surface area contributed by atoms with Gasteiger partial charge in [-0.1, -0.05) is 54.1 Å². The first-order valence-electron chi connectivity index (χ1n) is 9.02. The first-order chi connectivity index (χ1) is 13.4. The van der Waals surface area contributed by atoms with E-state index in [0.717, 1.165) is 5.56 Å². The number of rotatable bonds is 9. The van der Waals surface area contributed by atoms with Crippen molar-refractivity contribution in [3.8, 4) is 0 Å². The minimum absolute atomic E-state index is 0.0215. The first kappa shape index (κ1) is 21.4. The molecule has 0 saturated carbocycles. The lowest BCUT2D eigenvalue weighted by Gasteiger charge is -2.25. The molecule has 0 aliphatic rings. The minimum atomic E-state index is -0.960. The molecule has 28 heavy (non-hydrogen) atoms. The standard InChI is InChI=1S/C21H23ClN2O4/c1-2-24(13-12-20(26)27)19(25)14-18(15-8-4-3-5-9-15)23-21(28)16-10-6-7-11-17(16)22/h3-11,18H,2,12-14H2,1H3,(H,23,28)(H,26,27). The molecular formula is C21H23ClN2O4. The SMILES string of the molecule is CCN(CCC(=O)O)C(=O)CC(NC(=O)c1ccccc1Cl)c1ccccc1. The van der Waals surface area contributed by atoms with Gasteiger partial charge in [0.15, 0.2) is 0 Å². The minimum Gasteiger partial charge on any atom is -0.481 e. The van der Waals surface area contributed by atoms with Gasteiger partial charge in [-0.15, -0.1) is 0 Å². The monoisotopic (exact) mass is 402 g/mol. The molecular weight excluding hydrogens is 380 g/mol. The Morgan fingerprint density at radius 2 is 1.71 bits per heavy atom. The molecule has 7 heteroatoms. The summed E-state index contributed by atoms with van der Waals surface area (Å²) in [6, 6.07) is 15.3. The zero-order valence-corrected chi connectivity index (χ0v) is 16.4. The van der Waals surface area contributed by atoms with Crippen LogP contribution in [0, 0.1) is 0 Å². The molecule has 0 bridgehead atoms. The lowest BCUT2D eigenvalue weighted by molar-refractivity contribution is -0.138. The van der Waals surface area contributed by atoms with Crippen molar-refractivity contribution in [2.45, 2.75) is 25.8 Å². The Morgan fingerprint density at radius 1 is 1.07 bits per heavy atom. The van der Waals surface area contributed by atoms with Crippen LogP contribution in [0.25, 0.3) is 0 Å². The molecule has 0 spiro atoms. The van der Waals surface area contributed by atoms with Gasteiger partial charge in [0, 0.05) is 13.1 Å². The average molecular weight is 403 g/mol. The summed E-state index contributed by atoms with van der Waals surface area (Å²) >= 11 is 6.11. The molecule has 1 atom stereocenters. The molecule has 0 aliphatic heterocycles. The summed E-state index contributed by atoms with van der Waals surface area (Å²) in [5.41, 5.74) is 1.11. The van der Waals surface area contributed by atoms with Crippen LogP contribution < -0.4 is 5.32 Å². The van der Waals surface area contributed by atoms with Gasteiger partial charge < -0.3 is 15.3 Å². The quantitative estimate of drug-likeness (QED) is 0.671. The number of aliphatic carboxylic acids is 1. The van der Waals surface area contributed by atoms with Crippen LogP contribution in [0.5, 0.6) is 0 Å². The van der Waals surface area contributed by atoms with E-state index in [9.17, 15) is 14.4 Å². The van der Waals surface area contributed by atoms with E-state index >= 15 is 0 Å². The van der Waals surface area contributed by atoms with E-state index in [2.05, 4.69) is 5.32 Å². The van der Waals surface area contributed by atoms with E-state index in [1.807, 2.05) is 30.3 Å². The molecule has 2 amide bonds. The topological polar surface area (TPSA) is 86.7 Å². The number of hydrogen-bond acceptors (Lipinski definition) is 3. The second kappa shape index (κ2) is 10.5. The van der Waals surface area contributed by atoms with Gasteiger partial charge in [0.05, 0.1) is 29.5 Å². The summed E-state index contributed by atoms with van der Waals surface area (Å²) in [5, 5.41) is 12.1. The van der Waals surface area contributed by atoms with Crippen molar-refractivity contribution in [3.05, 3.63) is 70.7 Å². The molecule has 6 nitrogen and oxygen atoms in total. The van der Waals surface area contributed by atoms with E-state index in [-0.39, 0.29) is 31.2 Å². The average Bonchev–Trinajstić information content (AvgIpc) is 2.68. The van der Waals surface area contributed by atoms with Crippen molar-refractivity contribution in [2.75, 3.05) is 13.1 Å². The molecule has 1 unspecified atom stereocenters. The number of hydrogen-bond donors (Lipinski definition) is 2. The highest BCUT2D eigenvalue weighted by atomic mass is 35.5. The van der Waals surface area contributed by atoms with Gasteiger partial charge in [0.2, 0.25) is 5.91 Å². The maximum atomic E-state index is 12.7. The van der Waals surface area contributed by atoms with E-state index in [0.29, 0.717) is 17.1 Å². The predicted octanol–water partition coefficient (Wildman–Crippen LogP) is 3.52. The number of carbonyl (C=O) groups excluding carboxylic acids is 2. The largest absolute Gasteiger partial charge is 0.481 e. The molecule has 0 aromatic heterocycles. The molecule has 2 aromatic carbocycles. The highest BCUT2D eigenvalue weighted by molar-refractivity contribution is 6.33. The van der Waals surface area contributed by atoms with Crippen molar-refractivity contribution < 1.29 is 19.5 Å². The molecule has 0 heterocycles. The maximum Gasteiger partial charge on any atom is 0.305 e. The van der Waals surface area contributed by atoms with Crippen molar-refractivity contribution in [3.63, 3.8) is 0 Å². The van der Waals surface area contributed by atoms with Gasteiger partial charge in [-0.2, -0.15) is 0 Å². The third-order valence-corrected chi connectivity index (χ3v) is 4.66. The van der Waals surface area contributed by atoms with Crippen LogP contribution >= 0.6 is 11.6 Å². The third kappa shape index (κ3) is 6.09. The summed E-state index contributed by atoms with van der Waals surface area (Å²) < 4.78 is 0. The van der Waals surface area contributed by atoms with Crippen molar-refractivity contribution in [1.82, 2.24) is 10.2 Å². The number of halogens is 1. The van der Waals surface area contributed by atoms with Crippen LogP contribution in [0.3, 0.4) is 0 Å². The Hall–Kier alpha value is -2.86. The van der Waals surface area contributed by atoms with Crippen LogP contribution in [0.15, 0.2) is 54.6 Å². The number of carboxylic acid groups (broad SMARTS) is 1. The fraction of sp³-hybridized carbons (Fsp3) is 0.286. The van der Waals surface area contributed by atoms with Gasteiger partial charge in [-0.3, -0.25) is 14.4 Å². The summed E-state index contributed by atoms with van der Waals surface area (Å²) in [6.07, 6.45) is -0.102. The predicted molar refractivity (Wildman–Crippen MR) is 107 cm³/mol. The second-order valence-corrected chi connectivity index (χ2v) is 6.65. The number of carboxylic acids is 1. The molecule has 0 saturated heterocycles. The van der Waals surface area contributed by atoms with E-state index < -0.39 is 12.0 Å². The van der Waals surface area contributed by atoms with Gasteiger partial charge >= 0.3 is 5.97 Å². The third-order valence-electron chi connectivity index (χ3n) is 4.33. The van der Waals surface area contributed by atoms with Crippen molar-refractivity contribution >= 4 is 29.4 Å².